The summed E-state index contributed by atoms with van der Waals surface area (Å²) in [6.45, 7) is 3.30. The lowest BCUT2D eigenvalue weighted by molar-refractivity contribution is 0.393. The third kappa shape index (κ3) is 2.63. The van der Waals surface area contributed by atoms with Crippen LogP contribution < -0.4 is 16.0 Å². The van der Waals surface area contributed by atoms with Crippen LogP contribution in [0.4, 0.5) is 14.5 Å². The van der Waals surface area contributed by atoms with Crippen LogP contribution in [0.25, 0.3) is 0 Å². The van der Waals surface area contributed by atoms with Gasteiger partial charge in [-0.15, -0.1) is 0 Å². The molecule has 0 saturated carbocycles. The van der Waals surface area contributed by atoms with E-state index in [0.29, 0.717) is 11.3 Å². The van der Waals surface area contributed by atoms with Crippen LogP contribution in [0.15, 0.2) is 24.4 Å². The highest BCUT2D eigenvalue weighted by molar-refractivity contribution is 5.49. The summed E-state index contributed by atoms with van der Waals surface area (Å²) in [6.07, 6.45) is 1.43. The number of anilines is 1. The molecule has 0 radical (unpaired) electrons. The minimum atomic E-state index is -0.774. The Morgan fingerprint density at radius 2 is 1.95 bits per heavy atom. The van der Waals surface area contributed by atoms with Crippen molar-refractivity contribution in [3.05, 3.63) is 47.2 Å². The van der Waals surface area contributed by atoms with E-state index < -0.39 is 17.4 Å². The number of hydrogen-bond acceptors (Lipinski definition) is 4. The van der Waals surface area contributed by atoms with E-state index in [2.05, 4.69) is 10.4 Å². The molecule has 19 heavy (non-hydrogen) atoms. The molecule has 0 aliphatic carbocycles. The third-order valence-electron chi connectivity index (χ3n) is 2.69. The van der Waals surface area contributed by atoms with E-state index in [-0.39, 0.29) is 5.88 Å². The van der Waals surface area contributed by atoms with Crippen LogP contribution in [0, 0.1) is 25.5 Å². The first-order valence-electron chi connectivity index (χ1n) is 5.58. The molecule has 0 unspecified atom stereocenters. The normalized spacial score (nSPS) is 10.4. The van der Waals surface area contributed by atoms with E-state index in [1.807, 2.05) is 0 Å². The summed E-state index contributed by atoms with van der Waals surface area (Å²) >= 11 is 0. The van der Waals surface area contributed by atoms with E-state index in [1.165, 1.54) is 25.3 Å². The number of nitrogens with zero attached hydrogens (tertiary/aromatic N) is 1. The molecule has 0 aliphatic heterocycles. The molecule has 1 heterocycles. The number of halogens is 2. The average Bonchev–Trinajstić information content (AvgIpc) is 2.39. The Morgan fingerprint density at radius 1 is 1.21 bits per heavy atom. The van der Waals surface area contributed by atoms with Gasteiger partial charge in [0, 0.05) is 6.07 Å². The van der Waals surface area contributed by atoms with E-state index in [1.54, 1.807) is 6.92 Å². The highest BCUT2D eigenvalue weighted by Gasteiger charge is 2.14. The number of nitrogens with one attached hydrogen (secondary N) is 1. The van der Waals surface area contributed by atoms with Crippen LogP contribution >= 0.6 is 0 Å². The molecule has 0 saturated heterocycles. The highest BCUT2D eigenvalue weighted by atomic mass is 19.1. The number of aromatic nitrogens is 1. The van der Waals surface area contributed by atoms with Crippen molar-refractivity contribution < 1.29 is 13.5 Å². The number of hydrogen-bond donors (Lipinski definition) is 2. The molecule has 0 amide bonds. The number of nitrogen functional groups attached to an aromatic ring is 1. The lowest BCUT2D eigenvalue weighted by Crippen LogP contribution is -2.08. The highest BCUT2D eigenvalue weighted by Crippen LogP contribution is 2.29. The Kier molecular flexibility index (Phi) is 3.62. The summed E-state index contributed by atoms with van der Waals surface area (Å²) in [7, 11) is 0. The Hall–Kier alpha value is -2.21. The Labute approximate surface area is 109 Å². The second-order valence-electron chi connectivity index (χ2n) is 4.09. The predicted octanol–water partition coefficient (Wildman–Crippen LogP) is 3.05. The SMILES string of the molecule is Cc1cc(Oc2c(F)ccc(C)c2F)ncc1NN. The van der Waals surface area contributed by atoms with Gasteiger partial charge in [0.25, 0.3) is 0 Å². The van der Waals surface area contributed by atoms with Gasteiger partial charge < -0.3 is 10.2 Å². The quantitative estimate of drug-likeness (QED) is 0.661. The molecular formula is C13H13F2N3O. The van der Waals surface area contributed by atoms with Crippen molar-refractivity contribution in [2.75, 3.05) is 5.43 Å². The number of hydrazine groups is 1. The van der Waals surface area contributed by atoms with Crippen LogP contribution in [0.1, 0.15) is 11.1 Å². The summed E-state index contributed by atoms with van der Waals surface area (Å²) < 4.78 is 32.5. The van der Waals surface area contributed by atoms with Crippen LogP contribution in [-0.4, -0.2) is 4.98 Å². The Morgan fingerprint density at radius 3 is 2.58 bits per heavy atom. The monoisotopic (exact) mass is 265 g/mol. The number of pyridine rings is 1. The first-order valence-corrected chi connectivity index (χ1v) is 5.58. The maximum Gasteiger partial charge on any atom is 0.219 e. The molecular weight excluding hydrogens is 252 g/mol. The van der Waals surface area contributed by atoms with Crippen LogP contribution in [0.3, 0.4) is 0 Å². The predicted molar refractivity (Wildman–Crippen MR) is 68.0 cm³/mol. The van der Waals surface area contributed by atoms with E-state index in [9.17, 15) is 8.78 Å². The van der Waals surface area contributed by atoms with Gasteiger partial charge in [-0.05, 0) is 31.0 Å². The molecule has 2 rings (SSSR count). The number of rotatable bonds is 3. The van der Waals surface area contributed by atoms with Crippen molar-refractivity contribution in [1.82, 2.24) is 4.98 Å². The molecule has 1 aromatic carbocycles. The minimum absolute atomic E-state index is 0.0971. The lowest BCUT2D eigenvalue weighted by Gasteiger charge is -2.10. The van der Waals surface area contributed by atoms with Crippen molar-refractivity contribution in [2.45, 2.75) is 13.8 Å². The molecule has 4 nitrogen and oxygen atoms in total. The van der Waals surface area contributed by atoms with E-state index in [4.69, 9.17) is 10.6 Å². The van der Waals surface area contributed by atoms with Crippen molar-refractivity contribution in [2.24, 2.45) is 5.84 Å². The van der Waals surface area contributed by atoms with Crippen LogP contribution in [0.2, 0.25) is 0 Å². The topological polar surface area (TPSA) is 60.2 Å². The van der Waals surface area contributed by atoms with Gasteiger partial charge in [-0.25, -0.2) is 13.8 Å². The molecule has 3 N–H and O–H groups in total. The summed E-state index contributed by atoms with van der Waals surface area (Å²) in [5, 5.41) is 0. The Bertz CT molecular complexity index is 617. The minimum Gasteiger partial charge on any atom is -0.433 e. The van der Waals surface area contributed by atoms with Gasteiger partial charge in [0.05, 0.1) is 11.9 Å². The number of benzene rings is 1. The maximum atomic E-state index is 13.8. The standard InChI is InChI=1S/C13H13F2N3O/c1-7-3-4-9(14)13(12(7)15)19-11-5-8(2)10(18-16)6-17-11/h3-6,18H,16H2,1-2H3. The fourth-order valence-corrected chi connectivity index (χ4v) is 1.57. The van der Waals surface area contributed by atoms with E-state index in [0.717, 1.165) is 11.6 Å². The van der Waals surface area contributed by atoms with Gasteiger partial charge in [0.15, 0.2) is 11.6 Å². The molecule has 0 fully saturated rings. The summed E-state index contributed by atoms with van der Waals surface area (Å²) in [6, 6.07) is 4.03. The zero-order valence-electron chi connectivity index (χ0n) is 10.5. The first kappa shape index (κ1) is 13.2. The number of aryl methyl sites for hydroxylation is 2. The van der Waals surface area contributed by atoms with Gasteiger partial charge in [0.1, 0.15) is 0 Å². The van der Waals surface area contributed by atoms with Crippen molar-refractivity contribution >= 4 is 5.69 Å². The lowest BCUT2D eigenvalue weighted by atomic mass is 10.2. The molecule has 0 atom stereocenters. The van der Waals surface area contributed by atoms with Crippen molar-refractivity contribution in [3.63, 3.8) is 0 Å². The zero-order chi connectivity index (χ0) is 14.0. The fourth-order valence-electron chi connectivity index (χ4n) is 1.57. The van der Waals surface area contributed by atoms with Crippen molar-refractivity contribution in [3.8, 4) is 11.6 Å². The van der Waals surface area contributed by atoms with E-state index >= 15 is 0 Å². The maximum absolute atomic E-state index is 13.8. The zero-order valence-corrected chi connectivity index (χ0v) is 10.5. The fraction of sp³-hybridized carbons (Fsp3) is 0.154. The molecule has 0 bridgehead atoms. The molecule has 2 aromatic rings. The average molecular weight is 265 g/mol. The van der Waals surface area contributed by atoms with Gasteiger partial charge in [0.2, 0.25) is 11.6 Å². The van der Waals surface area contributed by atoms with Gasteiger partial charge >= 0.3 is 0 Å². The third-order valence-corrected chi connectivity index (χ3v) is 2.69. The van der Waals surface area contributed by atoms with Crippen LogP contribution in [0.5, 0.6) is 11.6 Å². The number of ether oxygens (including phenoxy) is 1. The molecule has 1 aromatic heterocycles. The first-order chi connectivity index (χ1) is 9.02. The van der Waals surface area contributed by atoms with Crippen LogP contribution in [-0.2, 0) is 0 Å². The summed E-state index contributed by atoms with van der Waals surface area (Å²) in [5.74, 6) is 3.40. The van der Waals surface area contributed by atoms with Gasteiger partial charge in [-0.2, -0.15) is 0 Å². The second-order valence-corrected chi connectivity index (χ2v) is 4.09. The molecule has 0 spiro atoms. The summed E-state index contributed by atoms with van der Waals surface area (Å²) in [4.78, 5) is 3.92. The van der Waals surface area contributed by atoms with Gasteiger partial charge in [-0.1, -0.05) is 6.07 Å². The molecule has 0 aliphatic rings. The smallest absolute Gasteiger partial charge is 0.219 e. The second kappa shape index (κ2) is 5.19. The van der Waals surface area contributed by atoms with Crippen molar-refractivity contribution in [1.29, 1.82) is 0 Å². The molecule has 100 valence electrons. The van der Waals surface area contributed by atoms with Gasteiger partial charge in [-0.3, -0.25) is 5.84 Å². The largest absolute Gasteiger partial charge is 0.433 e. The number of nitrogens with two attached hydrogens (primary N) is 1. The molecule has 6 heteroatoms. The summed E-state index contributed by atoms with van der Waals surface area (Å²) in [5.41, 5.74) is 4.11. The Balaban J connectivity index is 2.36.